The lowest BCUT2D eigenvalue weighted by Gasteiger charge is -2.30. The average Bonchev–Trinajstić information content (AvgIpc) is 3.38. The van der Waals surface area contributed by atoms with Crippen molar-refractivity contribution in [1.82, 2.24) is 24.8 Å². The highest BCUT2D eigenvalue weighted by atomic mass is 32.2. The molecule has 10 heteroatoms. The van der Waals surface area contributed by atoms with E-state index >= 15 is 0 Å². The van der Waals surface area contributed by atoms with Gasteiger partial charge >= 0.3 is 0 Å². The van der Waals surface area contributed by atoms with Crippen LogP contribution in [0.15, 0.2) is 22.8 Å². The summed E-state index contributed by atoms with van der Waals surface area (Å²) >= 11 is 0. The Kier molecular flexibility index (Phi) is 6.84. The lowest BCUT2D eigenvalue weighted by atomic mass is 9.97. The topological polar surface area (TPSA) is 121 Å². The Labute approximate surface area is 165 Å². The van der Waals surface area contributed by atoms with E-state index in [0.29, 0.717) is 62.7 Å². The maximum atomic E-state index is 12.4. The highest BCUT2D eigenvalue weighted by Crippen LogP contribution is 2.20. The molecule has 0 aromatic carbocycles. The zero-order chi connectivity index (χ0) is 20.0. The number of H-pyrrole nitrogens is 1. The molecule has 0 atom stereocenters. The standard InChI is InChI=1S/C18H27N5O4S/c1-2-3-13-28(25,26)23-10-7-14(8-11-23)18(24)19-9-6-16-20-17(22-21-16)15-5-4-12-27-15/h4-5,12,14H,2-3,6-11,13H2,1H3,(H,19,24)(H,20,21,22). The molecule has 0 unspecified atom stereocenters. The monoisotopic (exact) mass is 409 g/mol. The van der Waals surface area contributed by atoms with Crippen LogP contribution in [0.4, 0.5) is 0 Å². The number of unbranched alkanes of at least 4 members (excludes halogenated alkanes) is 1. The van der Waals surface area contributed by atoms with Gasteiger partial charge in [0.25, 0.3) is 0 Å². The van der Waals surface area contributed by atoms with E-state index in [1.165, 1.54) is 4.31 Å². The summed E-state index contributed by atoms with van der Waals surface area (Å²) in [5, 5.41) is 9.85. The van der Waals surface area contributed by atoms with Gasteiger partial charge in [-0.05, 0) is 31.4 Å². The Balaban J connectivity index is 1.40. The van der Waals surface area contributed by atoms with Crippen molar-refractivity contribution in [2.75, 3.05) is 25.4 Å². The third kappa shape index (κ3) is 5.20. The van der Waals surface area contributed by atoms with Crippen molar-refractivity contribution in [3.05, 3.63) is 24.2 Å². The quantitative estimate of drug-likeness (QED) is 0.648. The summed E-state index contributed by atoms with van der Waals surface area (Å²) in [4.78, 5) is 16.7. The largest absolute Gasteiger partial charge is 0.461 e. The summed E-state index contributed by atoms with van der Waals surface area (Å²) in [6.45, 7) is 3.25. The molecule has 1 aliphatic rings. The number of sulfonamides is 1. The van der Waals surface area contributed by atoms with Crippen LogP contribution in [0.25, 0.3) is 11.6 Å². The van der Waals surface area contributed by atoms with E-state index in [1.807, 2.05) is 6.92 Å². The van der Waals surface area contributed by atoms with Gasteiger partial charge in [0.2, 0.25) is 21.8 Å². The molecular formula is C18H27N5O4S. The number of aromatic amines is 1. The first-order valence-corrected chi connectivity index (χ1v) is 11.3. The normalized spacial score (nSPS) is 16.3. The average molecular weight is 410 g/mol. The number of piperidine rings is 1. The molecule has 154 valence electrons. The van der Waals surface area contributed by atoms with Gasteiger partial charge in [0.05, 0.1) is 12.0 Å². The van der Waals surface area contributed by atoms with Gasteiger partial charge in [0, 0.05) is 32.0 Å². The molecule has 1 fully saturated rings. The second-order valence-electron chi connectivity index (χ2n) is 6.97. The fraction of sp³-hybridized carbons (Fsp3) is 0.611. The molecule has 0 aliphatic carbocycles. The van der Waals surface area contributed by atoms with Gasteiger partial charge < -0.3 is 9.73 Å². The Hall–Kier alpha value is -2.20. The smallest absolute Gasteiger partial charge is 0.223 e. The number of nitrogens with zero attached hydrogens (tertiary/aromatic N) is 3. The number of hydrogen-bond acceptors (Lipinski definition) is 6. The summed E-state index contributed by atoms with van der Waals surface area (Å²) in [7, 11) is -3.19. The van der Waals surface area contributed by atoms with E-state index in [1.54, 1.807) is 18.4 Å². The third-order valence-corrected chi connectivity index (χ3v) is 6.86. The Morgan fingerprint density at radius 3 is 2.86 bits per heavy atom. The van der Waals surface area contributed by atoms with E-state index in [4.69, 9.17) is 4.42 Å². The fourth-order valence-electron chi connectivity index (χ4n) is 3.22. The summed E-state index contributed by atoms with van der Waals surface area (Å²) in [5.74, 6) is 1.76. The zero-order valence-corrected chi connectivity index (χ0v) is 16.9. The van der Waals surface area contributed by atoms with Crippen LogP contribution in [0.5, 0.6) is 0 Å². The Morgan fingerprint density at radius 1 is 1.39 bits per heavy atom. The van der Waals surface area contributed by atoms with Crippen molar-refractivity contribution in [2.24, 2.45) is 5.92 Å². The molecule has 1 aliphatic heterocycles. The van der Waals surface area contributed by atoms with Gasteiger partial charge in [-0.15, -0.1) is 0 Å². The molecule has 0 saturated carbocycles. The van der Waals surface area contributed by atoms with E-state index in [2.05, 4.69) is 20.5 Å². The predicted octanol–water partition coefficient (Wildman–Crippen LogP) is 1.57. The number of aromatic nitrogens is 3. The van der Waals surface area contributed by atoms with Gasteiger partial charge in [-0.2, -0.15) is 5.10 Å². The second-order valence-corrected chi connectivity index (χ2v) is 9.06. The van der Waals surface area contributed by atoms with Crippen molar-refractivity contribution in [2.45, 2.75) is 39.0 Å². The van der Waals surface area contributed by atoms with E-state index in [-0.39, 0.29) is 17.6 Å². The van der Waals surface area contributed by atoms with E-state index < -0.39 is 10.0 Å². The number of amides is 1. The Morgan fingerprint density at radius 2 is 2.18 bits per heavy atom. The van der Waals surface area contributed by atoms with Crippen LogP contribution >= 0.6 is 0 Å². The molecule has 3 rings (SSSR count). The molecule has 0 spiro atoms. The van der Waals surface area contributed by atoms with Crippen LogP contribution in [0, 0.1) is 5.92 Å². The van der Waals surface area contributed by atoms with Gasteiger partial charge in [0.1, 0.15) is 5.82 Å². The van der Waals surface area contributed by atoms with Crippen LogP contribution in [0.2, 0.25) is 0 Å². The summed E-state index contributed by atoms with van der Waals surface area (Å²) in [5.41, 5.74) is 0. The maximum absolute atomic E-state index is 12.4. The minimum Gasteiger partial charge on any atom is -0.461 e. The zero-order valence-electron chi connectivity index (χ0n) is 16.1. The van der Waals surface area contributed by atoms with Gasteiger partial charge in [-0.3, -0.25) is 9.89 Å². The number of hydrogen-bond donors (Lipinski definition) is 2. The second kappa shape index (κ2) is 9.33. The highest BCUT2D eigenvalue weighted by Gasteiger charge is 2.30. The number of furan rings is 1. The first kappa shape index (κ1) is 20.5. The lowest BCUT2D eigenvalue weighted by molar-refractivity contribution is -0.126. The highest BCUT2D eigenvalue weighted by molar-refractivity contribution is 7.89. The van der Waals surface area contributed by atoms with Gasteiger partial charge in [0.15, 0.2) is 5.76 Å². The molecule has 2 aromatic rings. The van der Waals surface area contributed by atoms with Crippen molar-refractivity contribution < 1.29 is 17.6 Å². The van der Waals surface area contributed by atoms with Crippen molar-refractivity contribution in [1.29, 1.82) is 0 Å². The molecule has 28 heavy (non-hydrogen) atoms. The predicted molar refractivity (Wildman–Crippen MR) is 104 cm³/mol. The first-order valence-electron chi connectivity index (χ1n) is 9.70. The summed E-state index contributed by atoms with van der Waals surface area (Å²) < 4.78 is 31.3. The first-order chi connectivity index (χ1) is 13.5. The van der Waals surface area contributed by atoms with Crippen LogP contribution in [-0.4, -0.2) is 59.2 Å². The minimum atomic E-state index is -3.19. The number of nitrogens with one attached hydrogen (secondary N) is 2. The molecule has 9 nitrogen and oxygen atoms in total. The molecule has 0 radical (unpaired) electrons. The fourth-order valence-corrected chi connectivity index (χ4v) is 4.90. The lowest BCUT2D eigenvalue weighted by Crippen LogP contribution is -2.44. The van der Waals surface area contributed by atoms with Crippen LogP contribution in [-0.2, 0) is 21.2 Å². The van der Waals surface area contributed by atoms with E-state index in [0.717, 1.165) is 6.42 Å². The number of carbonyl (C=O) groups excluding carboxylic acids is 1. The van der Waals surface area contributed by atoms with Crippen LogP contribution < -0.4 is 5.32 Å². The molecule has 0 bridgehead atoms. The van der Waals surface area contributed by atoms with Crippen LogP contribution in [0.1, 0.15) is 38.4 Å². The minimum absolute atomic E-state index is 0.0311. The summed E-state index contributed by atoms with van der Waals surface area (Å²) in [6.07, 6.45) is 4.73. The molecule has 3 heterocycles. The van der Waals surface area contributed by atoms with Crippen molar-refractivity contribution in [3.8, 4) is 11.6 Å². The molecular weight excluding hydrogens is 382 g/mol. The van der Waals surface area contributed by atoms with E-state index in [9.17, 15) is 13.2 Å². The van der Waals surface area contributed by atoms with Crippen molar-refractivity contribution in [3.63, 3.8) is 0 Å². The molecule has 2 N–H and O–H groups in total. The summed E-state index contributed by atoms with van der Waals surface area (Å²) in [6, 6.07) is 3.55. The number of rotatable bonds is 9. The molecule has 1 saturated heterocycles. The number of carbonyl (C=O) groups is 1. The SMILES string of the molecule is CCCCS(=O)(=O)N1CCC(C(=O)NCCc2nc(-c3ccco3)n[nH]2)CC1. The van der Waals surface area contributed by atoms with Gasteiger partial charge in [-0.25, -0.2) is 17.7 Å². The molecule has 2 aromatic heterocycles. The third-order valence-electron chi connectivity index (χ3n) is 4.91. The van der Waals surface area contributed by atoms with Gasteiger partial charge in [-0.1, -0.05) is 13.3 Å². The Bertz CT molecular complexity index is 854. The van der Waals surface area contributed by atoms with Crippen LogP contribution in [0.3, 0.4) is 0 Å². The maximum Gasteiger partial charge on any atom is 0.223 e. The van der Waals surface area contributed by atoms with Crippen molar-refractivity contribution >= 4 is 15.9 Å². The molecule has 1 amide bonds.